The molecule has 0 aromatic carbocycles. The monoisotopic (exact) mass is 254 g/mol. The molecule has 0 amide bonds. The van der Waals surface area contributed by atoms with E-state index < -0.39 is 0 Å². The maximum atomic E-state index is 4.79. The molecule has 1 heterocycles. The second-order valence-electron chi connectivity index (χ2n) is 5.39. The standard InChI is InChI=1S/C14H30N4/c1-5-7-9-18(4)14(15-6-2)16-11-13-8-10-17(3)12-13/h13H,5-12H2,1-4H3,(H,15,16). The predicted octanol–water partition coefficient (Wildman–Crippen LogP) is 1.64. The van der Waals surface area contributed by atoms with Crippen molar-refractivity contribution in [3.05, 3.63) is 0 Å². The van der Waals surface area contributed by atoms with Crippen LogP contribution in [-0.4, -0.2) is 62.6 Å². The van der Waals surface area contributed by atoms with E-state index in [2.05, 4.69) is 43.1 Å². The van der Waals surface area contributed by atoms with Crippen LogP contribution in [-0.2, 0) is 0 Å². The molecule has 106 valence electrons. The van der Waals surface area contributed by atoms with Crippen LogP contribution < -0.4 is 5.32 Å². The van der Waals surface area contributed by atoms with E-state index in [9.17, 15) is 0 Å². The molecule has 0 radical (unpaired) electrons. The quantitative estimate of drug-likeness (QED) is 0.577. The zero-order valence-electron chi connectivity index (χ0n) is 12.6. The van der Waals surface area contributed by atoms with Crippen molar-refractivity contribution in [2.24, 2.45) is 10.9 Å². The summed E-state index contributed by atoms with van der Waals surface area (Å²) in [6.07, 6.45) is 3.75. The number of nitrogens with one attached hydrogen (secondary N) is 1. The van der Waals surface area contributed by atoms with Crippen molar-refractivity contribution >= 4 is 5.96 Å². The van der Waals surface area contributed by atoms with E-state index in [1.54, 1.807) is 0 Å². The van der Waals surface area contributed by atoms with Crippen molar-refractivity contribution in [3.63, 3.8) is 0 Å². The Labute approximate surface area is 112 Å². The Morgan fingerprint density at radius 1 is 1.44 bits per heavy atom. The Kier molecular flexibility index (Phi) is 7.09. The van der Waals surface area contributed by atoms with Gasteiger partial charge in [0.05, 0.1) is 0 Å². The summed E-state index contributed by atoms with van der Waals surface area (Å²) in [4.78, 5) is 9.44. The van der Waals surface area contributed by atoms with Crippen LogP contribution in [0.3, 0.4) is 0 Å². The third kappa shape index (κ3) is 5.25. The highest BCUT2D eigenvalue weighted by Gasteiger charge is 2.19. The van der Waals surface area contributed by atoms with E-state index in [0.29, 0.717) is 0 Å². The van der Waals surface area contributed by atoms with Gasteiger partial charge in [0.2, 0.25) is 0 Å². The first-order valence-corrected chi connectivity index (χ1v) is 7.35. The first-order valence-electron chi connectivity index (χ1n) is 7.35. The fourth-order valence-corrected chi connectivity index (χ4v) is 2.36. The highest BCUT2D eigenvalue weighted by atomic mass is 15.3. The minimum Gasteiger partial charge on any atom is -0.357 e. The molecule has 1 unspecified atom stereocenters. The molecule has 0 spiro atoms. The number of hydrogen-bond acceptors (Lipinski definition) is 2. The van der Waals surface area contributed by atoms with Gasteiger partial charge in [-0.05, 0) is 39.3 Å². The molecule has 0 bridgehead atoms. The van der Waals surface area contributed by atoms with Gasteiger partial charge in [0.1, 0.15) is 0 Å². The minimum atomic E-state index is 0.739. The molecule has 1 atom stereocenters. The fourth-order valence-electron chi connectivity index (χ4n) is 2.36. The van der Waals surface area contributed by atoms with Gasteiger partial charge in [-0.2, -0.15) is 0 Å². The second kappa shape index (κ2) is 8.35. The zero-order valence-corrected chi connectivity index (χ0v) is 12.6. The highest BCUT2D eigenvalue weighted by molar-refractivity contribution is 5.79. The smallest absolute Gasteiger partial charge is 0.193 e. The Hall–Kier alpha value is -0.770. The van der Waals surface area contributed by atoms with Crippen LogP contribution in [0, 0.1) is 5.92 Å². The topological polar surface area (TPSA) is 30.9 Å². The van der Waals surface area contributed by atoms with Crippen molar-refractivity contribution in [1.29, 1.82) is 0 Å². The molecular weight excluding hydrogens is 224 g/mol. The molecular formula is C14H30N4. The van der Waals surface area contributed by atoms with E-state index in [4.69, 9.17) is 4.99 Å². The molecule has 0 aromatic heterocycles. The molecule has 1 aliphatic heterocycles. The summed E-state index contributed by atoms with van der Waals surface area (Å²) in [5.74, 6) is 1.81. The third-order valence-corrected chi connectivity index (χ3v) is 3.53. The number of nitrogens with zero attached hydrogens (tertiary/aromatic N) is 3. The van der Waals surface area contributed by atoms with E-state index in [1.165, 1.54) is 32.4 Å². The Morgan fingerprint density at radius 3 is 2.78 bits per heavy atom. The maximum absolute atomic E-state index is 4.79. The lowest BCUT2D eigenvalue weighted by Crippen LogP contribution is -2.39. The molecule has 1 aliphatic rings. The summed E-state index contributed by atoms with van der Waals surface area (Å²) in [6.45, 7) is 9.78. The summed E-state index contributed by atoms with van der Waals surface area (Å²) in [5, 5.41) is 3.39. The molecule has 1 fully saturated rings. The van der Waals surface area contributed by atoms with Crippen LogP contribution in [0.25, 0.3) is 0 Å². The van der Waals surface area contributed by atoms with Gasteiger partial charge in [-0.25, -0.2) is 0 Å². The molecule has 4 nitrogen and oxygen atoms in total. The van der Waals surface area contributed by atoms with Gasteiger partial charge < -0.3 is 15.1 Å². The summed E-state index contributed by atoms with van der Waals surface area (Å²) < 4.78 is 0. The largest absolute Gasteiger partial charge is 0.357 e. The molecule has 1 rings (SSSR count). The van der Waals surface area contributed by atoms with Gasteiger partial charge in [0, 0.05) is 33.2 Å². The minimum absolute atomic E-state index is 0.739. The van der Waals surface area contributed by atoms with Crippen LogP contribution in [0.15, 0.2) is 4.99 Å². The van der Waals surface area contributed by atoms with Crippen LogP contribution in [0.1, 0.15) is 33.1 Å². The Morgan fingerprint density at radius 2 is 2.22 bits per heavy atom. The molecule has 1 saturated heterocycles. The molecule has 0 saturated carbocycles. The molecule has 0 aromatic rings. The maximum Gasteiger partial charge on any atom is 0.193 e. The van der Waals surface area contributed by atoms with Gasteiger partial charge in [0.25, 0.3) is 0 Å². The van der Waals surface area contributed by atoms with Gasteiger partial charge >= 0.3 is 0 Å². The third-order valence-electron chi connectivity index (χ3n) is 3.53. The van der Waals surface area contributed by atoms with Crippen molar-refractivity contribution in [3.8, 4) is 0 Å². The van der Waals surface area contributed by atoms with Gasteiger partial charge in [-0.1, -0.05) is 13.3 Å². The summed E-state index contributed by atoms with van der Waals surface area (Å²) in [7, 11) is 4.33. The number of aliphatic imine (C=N–C) groups is 1. The van der Waals surface area contributed by atoms with Crippen LogP contribution >= 0.6 is 0 Å². The number of guanidine groups is 1. The van der Waals surface area contributed by atoms with E-state index >= 15 is 0 Å². The number of likely N-dealkylation sites (tertiary alicyclic amines) is 1. The summed E-state index contributed by atoms with van der Waals surface area (Å²) in [5.41, 5.74) is 0. The van der Waals surface area contributed by atoms with Crippen LogP contribution in [0.2, 0.25) is 0 Å². The Balaban J connectivity index is 2.43. The molecule has 0 aliphatic carbocycles. The second-order valence-corrected chi connectivity index (χ2v) is 5.39. The first kappa shape index (κ1) is 15.3. The van der Waals surface area contributed by atoms with Crippen molar-refractivity contribution < 1.29 is 0 Å². The van der Waals surface area contributed by atoms with Gasteiger partial charge in [-0.15, -0.1) is 0 Å². The van der Waals surface area contributed by atoms with E-state index in [1.807, 2.05) is 0 Å². The number of rotatable bonds is 6. The van der Waals surface area contributed by atoms with Gasteiger partial charge in [-0.3, -0.25) is 4.99 Å². The zero-order chi connectivity index (χ0) is 13.4. The fraction of sp³-hybridized carbons (Fsp3) is 0.929. The average Bonchev–Trinajstić information content (AvgIpc) is 2.77. The Bertz CT molecular complexity index is 252. The van der Waals surface area contributed by atoms with Crippen molar-refractivity contribution in [2.45, 2.75) is 33.1 Å². The molecule has 1 N–H and O–H groups in total. The predicted molar refractivity (Wildman–Crippen MR) is 79.1 cm³/mol. The SMILES string of the molecule is CCCCN(C)C(=NCC1CCN(C)C1)NCC. The first-order chi connectivity index (χ1) is 8.67. The van der Waals surface area contributed by atoms with Crippen molar-refractivity contribution in [2.75, 3.05) is 46.8 Å². The lowest BCUT2D eigenvalue weighted by atomic mass is 10.1. The summed E-state index contributed by atoms with van der Waals surface area (Å²) in [6, 6.07) is 0. The number of hydrogen-bond donors (Lipinski definition) is 1. The van der Waals surface area contributed by atoms with Crippen LogP contribution in [0.5, 0.6) is 0 Å². The highest BCUT2D eigenvalue weighted by Crippen LogP contribution is 2.14. The van der Waals surface area contributed by atoms with E-state index in [-0.39, 0.29) is 0 Å². The van der Waals surface area contributed by atoms with Crippen molar-refractivity contribution in [1.82, 2.24) is 15.1 Å². The normalized spacial score (nSPS) is 21.3. The van der Waals surface area contributed by atoms with E-state index in [0.717, 1.165) is 31.5 Å². The lowest BCUT2D eigenvalue weighted by molar-refractivity contribution is 0.396. The van der Waals surface area contributed by atoms with Gasteiger partial charge in [0.15, 0.2) is 5.96 Å². The molecule has 4 heteroatoms. The number of unbranched alkanes of at least 4 members (excludes halogenated alkanes) is 1. The molecule has 18 heavy (non-hydrogen) atoms. The lowest BCUT2D eigenvalue weighted by Gasteiger charge is -2.22. The van der Waals surface area contributed by atoms with Crippen LogP contribution in [0.4, 0.5) is 0 Å². The average molecular weight is 254 g/mol. The summed E-state index contributed by atoms with van der Waals surface area (Å²) >= 11 is 0.